The van der Waals surface area contributed by atoms with Crippen LogP contribution in [0.1, 0.15) is 13.3 Å². The van der Waals surface area contributed by atoms with Crippen molar-refractivity contribution >= 4 is 11.9 Å². The van der Waals surface area contributed by atoms with Crippen LogP contribution in [-0.4, -0.2) is 38.9 Å². The number of rotatable bonds is 5. The largest absolute Gasteiger partial charge is 0.469 e. The molecule has 5 nitrogen and oxygen atoms in total. The van der Waals surface area contributed by atoms with Gasteiger partial charge >= 0.3 is 11.9 Å². The molecule has 1 rings (SSSR count). The van der Waals surface area contributed by atoms with E-state index >= 15 is 0 Å². The summed E-state index contributed by atoms with van der Waals surface area (Å²) in [5.41, 5.74) is 0.0111. The molecule has 0 aromatic rings. The molecule has 0 aromatic heterocycles. The van der Waals surface area contributed by atoms with Crippen LogP contribution in [0.25, 0.3) is 0 Å². The van der Waals surface area contributed by atoms with E-state index in [-0.39, 0.29) is 24.0 Å². The molecule has 0 atom stereocenters. The molecule has 0 aliphatic carbocycles. The van der Waals surface area contributed by atoms with Gasteiger partial charge in [-0.15, -0.1) is 0 Å². The van der Waals surface area contributed by atoms with E-state index < -0.39 is 11.9 Å². The Balaban J connectivity index is 2.29. The minimum absolute atomic E-state index is 0.0960. The summed E-state index contributed by atoms with van der Waals surface area (Å²) in [6, 6.07) is 0. The second-order valence-corrected chi connectivity index (χ2v) is 4.24. The molecule has 90 valence electrons. The molecule has 1 aliphatic rings. The van der Waals surface area contributed by atoms with E-state index in [9.17, 15) is 9.59 Å². The lowest BCUT2D eigenvalue weighted by atomic mass is 9.90. The van der Waals surface area contributed by atoms with Crippen molar-refractivity contribution in [2.75, 3.05) is 26.9 Å². The molecule has 1 aliphatic heterocycles. The third-order valence-corrected chi connectivity index (χ3v) is 2.33. The van der Waals surface area contributed by atoms with Crippen molar-refractivity contribution in [2.45, 2.75) is 13.3 Å². The van der Waals surface area contributed by atoms with Crippen molar-refractivity contribution in [2.24, 2.45) is 5.41 Å². The second kappa shape index (κ2) is 5.12. The van der Waals surface area contributed by atoms with Gasteiger partial charge in [-0.05, 0) is 0 Å². The number of hydrogen-bond donors (Lipinski definition) is 0. The number of methoxy groups -OCH3 is 1. The standard InChI is InChI=1S/C11H16O5/c1-8(4-9(12)14-3)10(13)16-7-11(2)5-15-6-11/h1,4-7H2,2-3H3. The van der Waals surface area contributed by atoms with E-state index in [0.717, 1.165) is 0 Å². The van der Waals surface area contributed by atoms with Crippen LogP contribution < -0.4 is 0 Å². The smallest absolute Gasteiger partial charge is 0.334 e. The predicted octanol–water partition coefficient (Wildman–Crippen LogP) is 0.685. The normalized spacial score (nSPS) is 17.1. The summed E-state index contributed by atoms with van der Waals surface area (Å²) in [6.45, 7) is 6.90. The molecule has 0 amide bonds. The number of esters is 2. The molecule has 0 N–H and O–H groups in total. The van der Waals surface area contributed by atoms with Crippen LogP contribution in [0.15, 0.2) is 12.2 Å². The monoisotopic (exact) mass is 228 g/mol. The summed E-state index contributed by atoms with van der Waals surface area (Å²) in [6.07, 6.45) is -0.136. The third kappa shape index (κ3) is 3.34. The Labute approximate surface area is 94.4 Å². The fourth-order valence-electron chi connectivity index (χ4n) is 1.19. The van der Waals surface area contributed by atoms with Gasteiger partial charge in [-0.2, -0.15) is 0 Å². The molecule has 0 saturated carbocycles. The minimum atomic E-state index is -0.557. The highest BCUT2D eigenvalue weighted by Gasteiger charge is 2.35. The Morgan fingerprint density at radius 1 is 1.44 bits per heavy atom. The van der Waals surface area contributed by atoms with Gasteiger partial charge < -0.3 is 14.2 Å². The number of ether oxygens (including phenoxy) is 3. The summed E-state index contributed by atoms with van der Waals surface area (Å²) >= 11 is 0. The second-order valence-electron chi connectivity index (χ2n) is 4.24. The Morgan fingerprint density at radius 2 is 2.06 bits per heavy atom. The van der Waals surface area contributed by atoms with Crippen molar-refractivity contribution < 1.29 is 23.8 Å². The Bertz CT molecular complexity index is 303. The van der Waals surface area contributed by atoms with Gasteiger partial charge in [0.2, 0.25) is 0 Å². The number of hydrogen-bond acceptors (Lipinski definition) is 5. The van der Waals surface area contributed by atoms with Crippen molar-refractivity contribution in [3.05, 3.63) is 12.2 Å². The molecule has 0 radical (unpaired) electrons. The van der Waals surface area contributed by atoms with Crippen LogP contribution in [0.2, 0.25) is 0 Å². The first kappa shape index (κ1) is 12.7. The highest BCUT2D eigenvalue weighted by atomic mass is 16.5. The quantitative estimate of drug-likeness (QED) is 0.511. The fourth-order valence-corrected chi connectivity index (χ4v) is 1.19. The van der Waals surface area contributed by atoms with E-state index in [1.807, 2.05) is 6.92 Å². The highest BCUT2D eigenvalue weighted by Crippen LogP contribution is 2.26. The molecular weight excluding hydrogens is 212 g/mol. The van der Waals surface area contributed by atoms with E-state index in [0.29, 0.717) is 13.2 Å². The molecule has 1 saturated heterocycles. The average molecular weight is 228 g/mol. The lowest BCUT2D eigenvalue weighted by molar-refractivity contribution is -0.162. The summed E-state index contributed by atoms with van der Waals surface area (Å²) in [7, 11) is 1.26. The zero-order valence-corrected chi connectivity index (χ0v) is 9.58. The molecule has 0 bridgehead atoms. The summed E-state index contributed by atoms with van der Waals surface area (Å²) in [4.78, 5) is 22.3. The molecule has 1 heterocycles. The first-order valence-corrected chi connectivity index (χ1v) is 4.96. The van der Waals surface area contributed by atoms with E-state index in [1.165, 1.54) is 7.11 Å². The molecule has 0 aromatic carbocycles. The Kier molecular flexibility index (Phi) is 4.06. The van der Waals surface area contributed by atoms with Gasteiger partial charge in [0.15, 0.2) is 0 Å². The maximum absolute atomic E-state index is 11.4. The Morgan fingerprint density at radius 3 is 2.50 bits per heavy atom. The van der Waals surface area contributed by atoms with E-state index in [4.69, 9.17) is 9.47 Å². The zero-order valence-electron chi connectivity index (χ0n) is 9.58. The maximum Gasteiger partial charge on any atom is 0.334 e. The lowest BCUT2D eigenvalue weighted by Crippen LogP contribution is -2.44. The van der Waals surface area contributed by atoms with Crippen LogP contribution in [0, 0.1) is 5.41 Å². The van der Waals surface area contributed by atoms with Crippen molar-refractivity contribution in [1.29, 1.82) is 0 Å². The molecule has 5 heteroatoms. The molecule has 1 fully saturated rings. The summed E-state index contributed by atoms with van der Waals surface area (Å²) < 4.78 is 14.5. The van der Waals surface area contributed by atoms with Gasteiger partial charge in [0.25, 0.3) is 0 Å². The first-order valence-electron chi connectivity index (χ1n) is 4.96. The molecule has 16 heavy (non-hydrogen) atoms. The zero-order chi connectivity index (χ0) is 12.2. The topological polar surface area (TPSA) is 61.8 Å². The SMILES string of the molecule is C=C(CC(=O)OC)C(=O)OCC1(C)COC1. The number of carbonyl (C=O) groups is 2. The van der Waals surface area contributed by atoms with Crippen LogP contribution in [0.3, 0.4) is 0 Å². The highest BCUT2D eigenvalue weighted by molar-refractivity contribution is 5.93. The van der Waals surface area contributed by atoms with Gasteiger partial charge in [-0.25, -0.2) is 4.79 Å². The van der Waals surface area contributed by atoms with Crippen molar-refractivity contribution in [3.8, 4) is 0 Å². The van der Waals surface area contributed by atoms with Crippen molar-refractivity contribution in [1.82, 2.24) is 0 Å². The summed E-state index contributed by atoms with van der Waals surface area (Å²) in [5, 5.41) is 0. The van der Waals surface area contributed by atoms with Gasteiger partial charge in [0.1, 0.15) is 6.61 Å². The van der Waals surface area contributed by atoms with Crippen molar-refractivity contribution in [3.63, 3.8) is 0 Å². The maximum atomic E-state index is 11.4. The first-order chi connectivity index (χ1) is 7.47. The van der Waals surface area contributed by atoms with Gasteiger partial charge in [0.05, 0.1) is 26.7 Å². The minimum Gasteiger partial charge on any atom is -0.469 e. The predicted molar refractivity (Wildman–Crippen MR) is 55.7 cm³/mol. The Hall–Kier alpha value is -1.36. The average Bonchev–Trinajstić information content (AvgIpc) is 2.22. The van der Waals surface area contributed by atoms with Gasteiger partial charge in [-0.3, -0.25) is 4.79 Å². The molecule has 0 spiro atoms. The van der Waals surface area contributed by atoms with Crippen LogP contribution in [-0.2, 0) is 23.8 Å². The fraction of sp³-hybridized carbons (Fsp3) is 0.636. The van der Waals surface area contributed by atoms with E-state index in [2.05, 4.69) is 11.3 Å². The molecule has 0 unspecified atom stereocenters. The lowest BCUT2D eigenvalue weighted by Gasteiger charge is -2.37. The van der Waals surface area contributed by atoms with Crippen LogP contribution >= 0.6 is 0 Å². The van der Waals surface area contributed by atoms with Gasteiger partial charge in [-0.1, -0.05) is 13.5 Å². The third-order valence-electron chi connectivity index (χ3n) is 2.33. The summed E-state index contributed by atoms with van der Waals surface area (Å²) in [5.74, 6) is -1.06. The van der Waals surface area contributed by atoms with Crippen LogP contribution in [0.5, 0.6) is 0 Å². The molecular formula is C11H16O5. The van der Waals surface area contributed by atoms with Gasteiger partial charge in [0, 0.05) is 11.0 Å². The van der Waals surface area contributed by atoms with E-state index in [1.54, 1.807) is 0 Å². The number of carbonyl (C=O) groups excluding carboxylic acids is 2. The van der Waals surface area contributed by atoms with Crippen LogP contribution in [0.4, 0.5) is 0 Å².